The van der Waals surface area contributed by atoms with Crippen molar-refractivity contribution in [2.45, 2.75) is 83.5 Å². The molecule has 7 N–H and O–H groups in total. The van der Waals surface area contributed by atoms with Gasteiger partial charge in [-0.05, 0) is 26.7 Å². The summed E-state index contributed by atoms with van der Waals surface area (Å²) in [6, 6.07) is -3.55. The average molecular weight is 457 g/mol. The Morgan fingerprint density at radius 1 is 1.19 bits per heavy atom. The molecule has 4 atom stereocenters. The maximum absolute atomic E-state index is 12.4. The van der Waals surface area contributed by atoms with Crippen LogP contribution in [0.3, 0.4) is 0 Å². The predicted octanol–water partition coefficient (Wildman–Crippen LogP) is 0.217. The lowest BCUT2D eigenvalue weighted by atomic mass is 10.1. The number of aliphatic hydroxyl groups excluding tert-OH is 2. The van der Waals surface area contributed by atoms with Gasteiger partial charge in [0.25, 0.3) is 0 Å². The van der Waals surface area contributed by atoms with E-state index in [9.17, 15) is 19.5 Å². The molecule has 1 aromatic heterocycles. The van der Waals surface area contributed by atoms with Crippen LogP contribution in [0.4, 0.5) is 4.79 Å². The second-order valence-electron chi connectivity index (χ2n) is 7.73. The van der Waals surface area contributed by atoms with Crippen molar-refractivity contribution in [1.82, 2.24) is 26.1 Å². The maximum Gasteiger partial charge on any atom is 0.316 e. The third-order valence-corrected chi connectivity index (χ3v) is 4.81. The van der Waals surface area contributed by atoms with Crippen LogP contribution in [-0.2, 0) is 9.59 Å². The number of amides is 3. The van der Waals surface area contributed by atoms with E-state index < -0.39 is 42.7 Å². The minimum absolute atomic E-state index is 0.00576. The average Bonchev–Trinajstić information content (AvgIpc) is 3.23. The Morgan fingerprint density at radius 2 is 1.91 bits per heavy atom. The first-order valence-electron chi connectivity index (χ1n) is 10.9. The largest absolute Gasteiger partial charge is 0.394 e. The van der Waals surface area contributed by atoms with E-state index in [1.54, 1.807) is 0 Å². The number of aromatic nitrogens is 2. The molecule has 0 saturated carbocycles. The minimum atomic E-state index is -1.09. The van der Waals surface area contributed by atoms with Crippen molar-refractivity contribution >= 4 is 17.7 Å². The molecule has 3 amide bonds. The molecule has 1 aromatic rings. The number of Topliss-reactive ketones (excluding diaryl/α,β-unsaturated/α-hetero) is 1. The van der Waals surface area contributed by atoms with Gasteiger partial charge in [0.2, 0.25) is 11.8 Å². The Bertz CT molecular complexity index is 725. The fourth-order valence-corrected chi connectivity index (χ4v) is 2.92. The van der Waals surface area contributed by atoms with Crippen LogP contribution in [0.2, 0.25) is 0 Å². The summed E-state index contributed by atoms with van der Waals surface area (Å²) in [6.07, 6.45) is 3.28. The molecule has 32 heavy (non-hydrogen) atoms. The van der Waals surface area contributed by atoms with Crippen LogP contribution in [-0.4, -0.2) is 63.4 Å². The third kappa shape index (κ3) is 9.71. The van der Waals surface area contributed by atoms with E-state index in [1.807, 2.05) is 0 Å². The van der Waals surface area contributed by atoms with Gasteiger partial charge in [0.05, 0.1) is 18.8 Å². The molecule has 12 nitrogen and oxygen atoms in total. The van der Waals surface area contributed by atoms with Gasteiger partial charge in [-0.2, -0.15) is 4.98 Å². The highest BCUT2D eigenvalue weighted by atomic mass is 16.5. The first-order chi connectivity index (χ1) is 15.2. The normalized spacial score (nSPS) is 14.8. The van der Waals surface area contributed by atoms with Crippen LogP contribution in [0.15, 0.2) is 4.52 Å². The molecule has 0 spiro atoms. The molecule has 182 valence electrons. The number of aliphatic hydroxyl groups is 2. The fraction of sp³-hybridized carbons (Fsp3) is 0.750. The van der Waals surface area contributed by atoms with Gasteiger partial charge in [-0.3, -0.25) is 9.59 Å². The summed E-state index contributed by atoms with van der Waals surface area (Å²) in [6.45, 7) is 4.92. The van der Waals surface area contributed by atoms with Crippen molar-refractivity contribution in [1.29, 1.82) is 0 Å². The highest BCUT2D eigenvalue weighted by molar-refractivity contribution is 5.87. The standard InChI is InChI=1S/C20H36N6O6/c1-4-5-6-7-10-22-16(30)9-8-15(19-25-18(26-32-19)14(21)11-27)23-20(31)24-17(12(2)28)13(3)29/h12,14-15,17,27-28H,4-11,21H2,1-3H3,(H,22,30)(H2,23,24,31)/t12?,14-,15-,17-/m0/s1. The number of hydrogen-bond acceptors (Lipinski definition) is 9. The molecule has 0 fully saturated rings. The van der Waals surface area contributed by atoms with E-state index in [-0.39, 0.29) is 30.5 Å². The van der Waals surface area contributed by atoms with E-state index in [4.69, 9.17) is 15.4 Å². The smallest absolute Gasteiger partial charge is 0.316 e. The molecule has 0 bridgehead atoms. The third-order valence-electron chi connectivity index (χ3n) is 4.81. The Morgan fingerprint density at radius 3 is 2.50 bits per heavy atom. The molecule has 0 aliphatic carbocycles. The zero-order chi connectivity index (χ0) is 24.1. The van der Waals surface area contributed by atoms with E-state index in [0.717, 1.165) is 25.7 Å². The van der Waals surface area contributed by atoms with Gasteiger partial charge >= 0.3 is 6.03 Å². The summed E-state index contributed by atoms with van der Waals surface area (Å²) in [5.41, 5.74) is 5.69. The second-order valence-corrected chi connectivity index (χ2v) is 7.73. The molecule has 0 saturated heterocycles. The van der Waals surface area contributed by atoms with Gasteiger partial charge in [0.15, 0.2) is 11.6 Å². The quantitative estimate of drug-likeness (QED) is 0.200. The zero-order valence-electron chi connectivity index (χ0n) is 19.0. The lowest BCUT2D eigenvalue weighted by Gasteiger charge is -2.21. The molecule has 12 heteroatoms. The van der Waals surface area contributed by atoms with Gasteiger partial charge in [-0.1, -0.05) is 31.3 Å². The lowest BCUT2D eigenvalue weighted by Crippen LogP contribution is -2.51. The summed E-state index contributed by atoms with van der Waals surface area (Å²) < 4.78 is 5.17. The van der Waals surface area contributed by atoms with Crippen LogP contribution >= 0.6 is 0 Å². The Kier molecular flexibility index (Phi) is 12.4. The number of rotatable bonds is 15. The van der Waals surface area contributed by atoms with Crippen molar-refractivity contribution in [2.24, 2.45) is 5.73 Å². The second kappa shape index (κ2) is 14.5. The number of carbonyl (C=O) groups excluding carboxylic acids is 3. The maximum atomic E-state index is 12.4. The Balaban J connectivity index is 2.78. The predicted molar refractivity (Wildman–Crippen MR) is 115 cm³/mol. The Labute approximate surface area is 187 Å². The van der Waals surface area contributed by atoms with Gasteiger partial charge in [-0.15, -0.1) is 0 Å². The summed E-state index contributed by atoms with van der Waals surface area (Å²) in [7, 11) is 0. The molecule has 0 aliphatic heterocycles. The number of nitrogens with two attached hydrogens (primary N) is 1. The monoisotopic (exact) mass is 456 g/mol. The number of hydrogen-bond donors (Lipinski definition) is 6. The molecule has 0 radical (unpaired) electrons. The van der Waals surface area contributed by atoms with Crippen molar-refractivity contribution in [3.63, 3.8) is 0 Å². The van der Waals surface area contributed by atoms with Crippen molar-refractivity contribution < 1.29 is 29.1 Å². The topological polar surface area (TPSA) is 193 Å². The molecule has 1 heterocycles. The number of unbranched alkanes of at least 4 members (excludes halogenated alkanes) is 3. The number of nitrogens with one attached hydrogen (secondary N) is 3. The van der Waals surface area contributed by atoms with Crippen LogP contribution in [0.5, 0.6) is 0 Å². The lowest BCUT2D eigenvalue weighted by molar-refractivity contribution is -0.121. The summed E-state index contributed by atoms with van der Waals surface area (Å²) in [5, 5.41) is 30.4. The summed E-state index contributed by atoms with van der Waals surface area (Å²) in [4.78, 5) is 40.3. The van der Waals surface area contributed by atoms with Crippen LogP contribution in [0, 0.1) is 0 Å². The van der Waals surface area contributed by atoms with Gasteiger partial charge in [0.1, 0.15) is 12.1 Å². The van der Waals surface area contributed by atoms with E-state index >= 15 is 0 Å². The van der Waals surface area contributed by atoms with Crippen molar-refractivity contribution in [3.05, 3.63) is 11.7 Å². The van der Waals surface area contributed by atoms with Crippen molar-refractivity contribution in [2.75, 3.05) is 13.2 Å². The van der Waals surface area contributed by atoms with E-state index in [2.05, 4.69) is 33.0 Å². The first kappa shape index (κ1) is 27.5. The van der Waals surface area contributed by atoms with Gasteiger partial charge in [-0.25, -0.2) is 4.79 Å². The molecular formula is C20H36N6O6. The molecule has 1 rings (SSSR count). The van der Waals surface area contributed by atoms with Crippen LogP contribution in [0.25, 0.3) is 0 Å². The van der Waals surface area contributed by atoms with Gasteiger partial charge in [0, 0.05) is 13.0 Å². The number of carbonyl (C=O) groups is 3. The number of ketones is 1. The summed E-state index contributed by atoms with van der Waals surface area (Å²) >= 11 is 0. The SMILES string of the molecule is CCCCCCNC(=O)CC[C@H](NC(=O)N[C@H](C(C)=O)C(C)O)c1nc([C@@H](N)CO)no1. The van der Waals surface area contributed by atoms with Crippen LogP contribution in [0.1, 0.15) is 83.1 Å². The highest BCUT2D eigenvalue weighted by Crippen LogP contribution is 2.18. The Hall–Kier alpha value is -2.57. The van der Waals surface area contributed by atoms with Gasteiger partial charge < -0.3 is 36.4 Å². The fourth-order valence-electron chi connectivity index (χ4n) is 2.92. The van der Waals surface area contributed by atoms with E-state index in [1.165, 1.54) is 13.8 Å². The first-order valence-corrected chi connectivity index (χ1v) is 10.9. The number of nitrogens with zero attached hydrogens (tertiary/aromatic N) is 2. The highest BCUT2D eigenvalue weighted by Gasteiger charge is 2.27. The van der Waals surface area contributed by atoms with Crippen LogP contribution < -0.4 is 21.7 Å². The molecule has 0 aliphatic rings. The molecule has 1 unspecified atom stereocenters. The zero-order valence-corrected chi connectivity index (χ0v) is 19.0. The van der Waals surface area contributed by atoms with Crippen molar-refractivity contribution in [3.8, 4) is 0 Å². The van der Waals surface area contributed by atoms with E-state index in [0.29, 0.717) is 6.54 Å². The minimum Gasteiger partial charge on any atom is -0.394 e. The summed E-state index contributed by atoms with van der Waals surface area (Å²) in [5.74, 6) is -0.541. The molecular weight excluding hydrogens is 420 g/mol. The number of urea groups is 1. The molecule has 0 aromatic carbocycles.